The Morgan fingerprint density at radius 1 is 1.43 bits per heavy atom. The van der Waals surface area contributed by atoms with Gasteiger partial charge in [0, 0.05) is 0 Å². The van der Waals surface area contributed by atoms with Crippen molar-refractivity contribution >= 4 is 29.0 Å². The van der Waals surface area contributed by atoms with Crippen LogP contribution in [0.5, 0.6) is 0 Å². The van der Waals surface area contributed by atoms with Crippen molar-refractivity contribution in [2.75, 3.05) is 12.3 Å². The average Bonchev–Trinajstić information content (AvgIpc) is 2.99. The zero-order valence-corrected chi connectivity index (χ0v) is 13.1. The Balaban J connectivity index is 2.20. The van der Waals surface area contributed by atoms with Gasteiger partial charge in [-0.15, -0.1) is 11.8 Å². The Morgan fingerprint density at radius 3 is 2.70 bits per heavy atom. The normalized spacial score (nSPS) is 27.7. The Kier molecular flexibility index (Phi) is 3.92. The van der Waals surface area contributed by atoms with E-state index in [2.05, 4.69) is 10.1 Å². The van der Waals surface area contributed by atoms with Crippen molar-refractivity contribution in [1.29, 1.82) is 0 Å². The Bertz CT molecular complexity index is 779. The molecule has 1 aliphatic heterocycles. The largest absolute Gasteiger partial charge is 0.395 e. The molecule has 7 N–H and O–H groups in total. The summed E-state index contributed by atoms with van der Waals surface area (Å²) in [5.74, 6) is -0.196. The number of anilines is 1. The predicted molar refractivity (Wildman–Crippen MR) is 83.9 cm³/mol. The average molecular weight is 339 g/mol. The van der Waals surface area contributed by atoms with Gasteiger partial charge < -0.3 is 26.8 Å². The number of nitrogen functional groups attached to an aromatic ring is 1. The maximum Gasteiger partial charge on any atom is 0.251 e. The summed E-state index contributed by atoms with van der Waals surface area (Å²) in [6.45, 7) is 1.37. The van der Waals surface area contributed by atoms with Crippen LogP contribution in [-0.4, -0.2) is 59.9 Å². The molecule has 0 aromatic carbocycles. The van der Waals surface area contributed by atoms with Gasteiger partial charge in [0.05, 0.1) is 40.6 Å². The minimum absolute atomic E-state index is 0.106. The zero-order chi connectivity index (χ0) is 16.9. The Morgan fingerprint density at radius 2 is 2.13 bits per heavy atom. The summed E-state index contributed by atoms with van der Waals surface area (Å²) in [4.78, 5) is 15.7. The van der Waals surface area contributed by atoms with Crippen LogP contribution in [0.1, 0.15) is 27.1 Å². The molecule has 2 aromatic heterocycles. The summed E-state index contributed by atoms with van der Waals surface area (Å²) in [6, 6.07) is 1.50. The zero-order valence-electron chi connectivity index (χ0n) is 12.2. The molecule has 10 heteroatoms. The minimum Gasteiger partial charge on any atom is -0.395 e. The predicted octanol–water partition coefficient (Wildman–Crippen LogP) is -1.41. The first-order valence-electron chi connectivity index (χ1n) is 6.93. The lowest BCUT2D eigenvalue weighted by Gasteiger charge is -2.15. The van der Waals surface area contributed by atoms with E-state index in [1.807, 2.05) is 0 Å². The molecule has 23 heavy (non-hydrogen) atoms. The molecular weight excluding hydrogens is 322 g/mol. The summed E-state index contributed by atoms with van der Waals surface area (Å²) >= 11 is 1.21. The van der Waals surface area contributed by atoms with Gasteiger partial charge in [0.1, 0.15) is 11.3 Å². The second kappa shape index (κ2) is 5.64. The number of carbonyl (C=O) groups excluding carboxylic acids is 1. The summed E-state index contributed by atoms with van der Waals surface area (Å²) in [5, 5.41) is 32.7. The minimum atomic E-state index is -1.12. The number of amides is 1. The molecule has 0 aliphatic carbocycles. The lowest BCUT2D eigenvalue weighted by Crippen LogP contribution is -2.32. The van der Waals surface area contributed by atoms with Crippen LogP contribution < -0.4 is 11.5 Å². The van der Waals surface area contributed by atoms with E-state index in [1.165, 1.54) is 22.3 Å². The van der Waals surface area contributed by atoms with Crippen LogP contribution in [0.4, 0.5) is 5.82 Å². The number of aromatic nitrogens is 3. The van der Waals surface area contributed by atoms with Crippen LogP contribution in [0.3, 0.4) is 0 Å². The molecule has 0 bridgehead atoms. The van der Waals surface area contributed by atoms with Crippen molar-refractivity contribution in [3.63, 3.8) is 0 Å². The molecule has 0 radical (unpaired) electrons. The summed E-state index contributed by atoms with van der Waals surface area (Å²) in [6.07, 6.45) is -2.20. The van der Waals surface area contributed by atoms with Crippen molar-refractivity contribution < 1.29 is 20.1 Å². The van der Waals surface area contributed by atoms with Crippen LogP contribution in [0.15, 0.2) is 6.07 Å². The Hall–Kier alpha value is -1.88. The highest BCUT2D eigenvalue weighted by molar-refractivity contribution is 8.00. The quantitative estimate of drug-likeness (QED) is 0.456. The molecule has 124 valence electrons. The van der Waals surface area contributed by atoms with Gasteiger partial charge >= 0.3 is 0 Å². The number of thioether (sulfide) groups is 1. The van der Waals surface area contributed by atoms with Gasteiger partial charge in [0.2, 0.25) is 0 Å². The highest BCUT2D eigenvalue weighted by Crippen LogP contribution is 2.46. The van der Waals surface area contributed by atoms with Crippen LogP contribution in [-0.2, 0) is 0 Å². The summed E-state index contributed by atoms with van der Waals surface area (Å²) in [7, 11) is 0. The van der Waals surface area contributed by atoms with E-state index in [0.717, 1.165) is 0 Å². The summed E-state index contributed by atoms with van der Waals surface area (Å²) in [5.41, 5.74) is 12.2. The van der Waals surface area contributed by atoms with E-state index in [1.54, 1.807) is 6.92 Å². The number of rotatable bonds is 3. The number of aliphatic hydroxyl groups is 3. The number of fused-ring (bicyclic) bond motifs is 1. The van der Waals surface area contributed by atoms with Crippen molar-refractivity contribution in [3.8, 4) is 0 Å². The van der Waals surface area contributed by atoms with Crippen LogP contribution >= 0.6 is 11.8 Å². The third-order valence-corrected chi connectivity index (χ3v) is 5.46. The molecule has 1 amide bonds. The molecular formula is C13H17N5O4S. The number of aryl methyl sites for hydroxylation is 1. The molecule has 9 nitrogen and oxygen atoms in total. The maximum absolute atomic E-state index is 11.7. The van der Waals surface area contributed by atoms with Crippen LogP contribution in [0.25, 0.3) is 5.52 Å². The monoisotopic (exact) mass is 339 g/mol. The van der Waals surface area contributed by atoms with E-state index < -0.39 is 28.6 Å². The number of hydrogen-bond acceptors (Lipinski definition) is 8. The van der Waals surface area contributed by atoms with Crippen LogP contribution in [0.2, 0.25) is 0 Å². The number of primary amides is 1. The molecule has 4 atom stereocenters. The lowest BCUT2D eigenvalue weighted by atomic mass is 10.1. The molecule has 0 unspecified atom stereocenters. The SMILES string of the molecule is Cc1nc(N)c2c(C(N)=O)cc([C@@H]3S[C@H](CO)[C@@H](O)[C@H]3O)n2n1. The number of aliphatic hydroxyl groups excluding tert-OH is 3. The number of hydrogen-bond donors (Lipinski definition) is 5. The van der Waals surface area contributed by atoms with Gasteiger partial charge in [-0.3, -0.25) is 4.79 Å². The fraction of sp³-hybridized carbons (Fsp3) is 0.462. The molecule has 3 rings (SSSR count). The molecule has 3 heterocycles. The number of carbonyl (C=O) groups is 1. The standard InChI is InChI=1S/C13H17N5O4S/c1-4-16-12(14)8-5(13(15)22)2-6(18(8)17-4)11-10(21)9(20)7(3-19)23-11/h2,7,9-11,19-21H,3H2,1H3,(H2,15,22)(H2,14,16,17)/t7-,9-,10-,11+/m1/s1. The molecule has 1 saturated heterocycles. The van der Waals surface area contributed by atoms with E-state index in [-0.39, 0.29) is 23.5 Å². The molecule has 2 aromatic rings. The fourth-order valence-corrected chi connectivity index (χ4v) is 4.22. The maximum atomic E-state index is 11.7. The van der Waals surface area contributed by atoms with E-state index >= 15 is 0 Å². The number of nitrogens with zero attached hydrogens (tertiary/aromatic N) is 3. The fourth-order valence-electron chi connectivity index (χ4n) is 2.80. The topological polar surface area (TPSA) is 160 Å². The number of nitrogens with two attached hydrogens (primary N) is 2. The lowest BCUT2D eigenvalue weighted by molar-refractivity contribution is 0.0192. The van der Waals surface area contributed by atoms with Crippen LogP contribution in [0, 0.1) is 6.92 Å². The van der Waals surface area contributed by atoms with Gasteiger partial charge in [-0.2, -0.15) is 5.10 Å². The van der Waals surface area contributed by atoms with E-state index in [0.29, 0.717) is 11.5 Å². The summed E-state index contributed by atoms with van der Waals surface area (Å²) < 4.78 is 1.42. The first kappa shape index (κ1) is 16.0. The second-order valence-corrected chi connectivity index (χ2v) is 6.80. The van der Waals surface area contributed by atoms with E-state index in [9.17, 15) is 20.1 Å². The van der Waals surface area contributed by atoms with Gasteiger partial charge in [-0.25, -0.2) is 9.50 Å². The van der Waals surface area contributed by atoms with Crippen molar-refractivity contribution in [2.24, 2.45) is 5.73 Å². The third-order valence-electron chi connectivity index (χ3n) is 3.87. The van der Waals surface area contributed by atoms with Gasteiger partial charge in [0.15, 0.2) is 5.82 Å². The molecule has 0 saturated carbocycles. The first-order chi connectivity index (χ1) is 10.8. The van der Waals surface area contributed by atoms with Crippen molar-refractivity contribution in [2.45, 2.75) is 29.6 Å². The molecule has 1 aliphatic rings. The van der Waals surface area contributed by atoms with Gasteiger partial charge in [-0.05, 0) is 13.0 Å². The van der Waals surface area contributed by atoms with Gasteiger partial charge in [-0.1, -0.05) is 0 Å². The van der Waals surface area contributed by atoms with Crippen molar-refractivity contribution in [1.82, 2.24) is 14.6 Å². The Labute approximate surface area is 135 Å². The first-order valence-corrected chi connectivity index (χ1v) is 7.87. The second-order valence-electron chi connectivity index (χ2n) is 5.41. The van der Waals surface area contributed by atoms with Crippen molar-refractivity contribution in [3.05, 3.63) is 23.1 Å². The highest BCUT2D eigenvalue weighted by atomic mass is 32.2. The highest BCUT2D eigenvalue weighted by Gasteiger charge is 2.44. The molecule has 1 fully saturated rings. The van der Waals surface area contributed by atoms with E-state index in [4.69, 9.17) is 11.5 Å². The van der Waals surface area contributed by atoms with Gasteiger partial charge in [0.25, 0.3) is 5.91 Å². The smallest absolute Gasteiger partial charge is 0.251 e. The molecule has 0 spiro atoms. The third kappa shape index (κ3) is 2.43.